The Kier molecular flexibility index (Phi) is 5.87. The smallest absolute Gasteiger partial charge is 0.0902 e. The zero-order chi connectivity index (χ0) is 20.3. The quantitative estimate of drug-likeness (QED) is 0.485. The normalized spacial score (nSPS) is 16.0. The van der Waals surface area contributed by atoms with Gasteiger partial charge in [-0.05, 0) is 65.1 Å². The molecular formula is C28H32O. The number of aryl methyl sites for hydroxylation is 2. The van der Waals surface area contributed by atoms with Crippen LogP contribution in [0.1, 0.15) is 62.1 Å². The first-order chi connectivity index (χ1) is 14.1. The number of hydrogen-bond donors (Lipinski definition) is 1. The molecule has 0 aromatic heterocycles. The molecule has 0 unspecified atom stereocenters. The van der Waals surface area contributed by atoms with Gasteiger partial charge in [0.25, 0.3) is 0 Å². The van der Waals surface area contributed by atoms with Crippen molar-refractivity contribution in [1.82, 2.24) is 0 Å². The van der Waals surface area contributed by atoms with E-state index in [9.17, 15) is 5.11 Å². The van der Waals surface area contributed by atoms with Gasteiger partial charge < -0.3 is 5.11 Å². The molecule has 1 aliphatic carbocycles. The maximum absolute atomic E-state index is 11.5. The van der Waals surface area contributed by atoms with Crippen molar-refractivity contribution >= 4 is 0 Å². The molecular weight excluding hydrogens is 352 g/mol. The predicted molar refractivity (Wildman–Crippen MR) is 123 cm³/mol. The van der Waals surface area contributed by atoms with Gasteiger partial charge in [0.2, 0.25) is 0 Å². The lowest BCUT2D eigenvalue weighted by Crippen LogP contribution is -2.29. The number of rotatable bonds is 5. The molecule has 1 saturated carbocycles. The highest BCUT2D eigenvalue weighted by Gasteiger charge is 2.33. The largest absolute Gasteiger partial charge is 0.385 e. The van der Waals surface area contributed by atoms with E-state index >= 15 is 0 Å². The van der Waals surface area contributed by atoms with E-state index < -0.39 is 5.60 Å². The van der Waals surface area contributed by atoms with Crippen molar-refractivity contribution in [3.05, 3.63) is 83.4 Å². The van der Waals surface area contributed by atoms with Crippen molar-refractivity contribution in [2.75, 3.05) is 0 Å². The second-order valence-electron chi connectivity index (χ2n) is 8.62. The van der Waals surface area contributed by atoms with E-state index in [1.54, 1.807) is 0 Å². The summed E-state index contributed by atoms with van der Waals surface area (Å²) in [7, 11) is 0. The van der Waals surface area contributed by atoms with Crippen LogP contribution in [-0.2, 0) is 12.0 Å². The van der Waals surface area contributed by atoms with E-state index in [0.717, 1.165) is 44.1 Å². The summed E-state index contributed by atoms with van der Waals surface area (Å²) >= 11 is 0. The van der Waals surface area contributed by atoms with Crippen LogP contribution >= 0.6 is 0 Å². The fourth-order valence-electron chi connectivity index (χ4n) is 4.86. The molecule has 1 N–H and O–H groups in total. The molecule has 1 aliphatic rings. The van der Waals surface area contributed by atoms with Crippen LogP contribution in [0.15, 0.2) is 66.7 Å². The Morgan fingerprint density at radius 3 is 2.24 bits per heavy atom. The van der Waals surface area contributed by atoms with Gasteiger partial charge in [0.15, 0.2) is 0 Å². The van der Waals surface area contributed by atoms with Crippen LogP contribution in [0, 0.1) is 6.92 Å². The van der Waals surface area contributed by atoms with Gasteiger partial charge in [0.05, 0.1) is 5.60 Å². The summed E-state index contributed by atoms with van der Waals surface area (Å²) in [4.78, 5) is 0. The Hall–Kier alpha value is -2.38. The zero-order valence-corrected chi connectivity index (χ0v) is 17.7. The first-order valence-electron chi connectivity index (χ1n) is 11.1. The fraction of sp³-hybridized carbons (Fsp3) is 0.357. The summed E-state index contributed by atoms with van der Waals surface area (Å²) in [5, 5.41) is 11.5. The topological polar surface area (TPSA) is 20.2 Å². The predicted octanol–water partition coefficient (Wildman–Crippen LogP) is 7.43. The molecule has 1 heteroatoms. The Balaban J connectivity index is 1.80. The van der Waals surface area contributed by atoms with E-state index in [-0.39, 0.29) is 0 Å². The summed E-state index contributed by atoms with van der Waals surface area (Å²) in [5.41, 5.74) is 8.01. The van der Waals surface area contributed by atoms with Crippen LogP contribution in [0.5, 0.6) is 0 Å². The average molecular weight is 385 g/mol. The molecule has 0 bridgehead atoms. The van der Waals surface area contributed by atoms with Crippen molar-refractivity contribution in [1.29, 1.82) is 0 Å². The zero-order valence-electron chi connectivity index (χ0n) is 17.7. The van der Waals surface area contributed by atoms with Gasteiger partial charge in [-0.25, -0.2) is 0 Å². The van der Waals surface area contributed by atoms with Crippen LogP contribution in [0.2, 0.25) is 0 Å². The summed E-state index contributed by atoms with van der Waals surface area (Å²) in [5.74, 6) is 0. The summed E-state index contributed by atoms with van der Waals surface area (Å²) in [6, 6.07) is 24.1. The molecule has 1 fully saturated rings. The van der Waals surface area contributed by atoms with Crippen LogP contribution in [-0.4, -0.2) is 5.11 Å². The minimum absolute atomic E-state index is 0.690. The fourth-order valence-corrected chi connectivity index (χ4v) is 4.86. The van der Waals surface area contributed by atoms with Crippen LogP contribution < -0.4 is 0 Å². The first kappa shape index (κ1) is 19.9. The van der Waals surface area contributed by atoms with E-state index in [1.165, 1.54) is 39.8 Å². The maximum atomic E-state index is 11.5. The van der Waals surface area contributed by atoms with Crippen LogP contribution in [0.3, 0.4) is 0 Å². The number of benzene rings is 3. The van der Waals surface area contributed by atoms with Crippen molar-refractivity contribution < 1.29 is 5.11 Å². The number of aliphatic hydroxyl groups is 1. The molecule has 150 valence electrons. The molecule has 0 amide bonds. The highest BCUT2D eigenvalue weighted by molar-refractivity contribution is 5.76. The average Bonchev–Trinajstić information content (AvgIpc) is 2.75. The van der Waals surface area contributed by atoms with Crippen molar-refractivity contribution in [3.8, 4) is 22.3 Å². The molecule has 0 spiro atoms. The van der Waals surface area contributed by atoms with Crippen molar-refractivity contribution in [2.45, 2.75) is 64.4 Å². The number of hydrogen-bond acceptors (Lipinski definition) is 1. The summed E-state index contributed by atoms with van der Waals surface area (Å²) in [6.45, 7) is 4.41. The van der Waals surface area contributed by atoms with Crippen molar-refractivity contribution in [3.63, 3.8) is 0 Å². The third kappa shape index (κ3) is 4.16. The Morgan fingerprint density at radius 2 is 1.55 bits per heavy atom. The molecule has 0 atom stereocenters. The highest BCUT2D eigenvalue weighted by Crippen LogP contribution is 2.42. The minimum Gasteiger partial charge on any atom is -0.385 e. The second-order valence-corrected chi connectivity index (χ2v) is 8.62. The molecule has 0 radical (unpaired) electrons. The molecule has 0 heterocycles. The molecule has 0 saturated heterocycles. The lowest BCUT2D eigenvalue weighted by molar-refractivity contribution is -0.000105. The SMILES string of the molecule is CCCc1ccc(C2(O)CCCCC2)c(-c2ccc(-c3ccccc3)c(C)c2)c1. The van der Waals surface area contributed by atoms with E-state index in [0.29, 0.717) is 0 Å². The molecule has 29 heavy (non-hydrogen) atoms. The minimum atomic E-state index is -0.690. The second kappa shape index (κ2) is 8.55. The highest BCUT2D eigenvalue weighted by atomic mass is 16.3. The van der Waals surface area contributed by atoms with Gasteiger partial charge in [-0.15, -0.1) is 0 Å². The summed E-state index contributed by atoms with van der Waals surface area (Å²) < 4.78 is 0. The monoisotopic (exact) mass is 384 g/mol. The first-order valence-corrected chi connectivity index (χ1v) is 11.1. The van der Waals surface area contributed by atoms with Crippen LogP contribution in [0.25, 0.3) is 22.3 Å². The lowest BCUT2D eigenvalue weighted by Gasteiger charge is -2.34. The molecule has 3 aromatic carbocycles. The van der Waals surface area contributed by atoms with Gasteiger partial charge in [-0.1, -0.05) is 99.3 Å². The van der Waals surface area contributed by atoms with Crippen LogP contribution in [0.4, 0.5) is 0 Å². The standard InChI is InChI=1S/C28H32O/c1-3-10-22-13-16-27(28(29)17-8-5-9-18-28)26(20-22)24-14-15-25(21(2)19-24)23-11-6-4-7-12-23/h4,6-7,11-16,19-20,29H,3,5,8-10,17-18H2,1-2H3. The Morgan fingerprint density at radius 1 is 0.793 bits per heavy atom. The third-order valence-corrected chi connectivity index (χ3v) is 6.43. The molecule has 1 nitrogen and oxygen atoms in total. The molecule has 4 rings (SSSR count). The van der Waals surface area contributed by atoms with E-state index in [1.807, 2.05) is 0 Å². The molecule has 0 aliphatic heterocycles. The third-order valence-electron chi connectivity index (χ3n) is 6.43. The van der Waals surface area contributed by atoms with Gasteiger partial charge in [-0.3, -0.25) is 0 Å². The Bertz CT molecular complexity index is 965. The van der Waals surface area contributed by atoms with Gasteiger partial charge in [0, 0.05) is 0 Å². The maximum Gasteiger partial charge on any atom is 0.0902 e. The summed E-state index contributed by atoms with van der Waals surface area (Å²) in [6.07, 6.45) is 7.40. The lowest BCUT2D eigenvalue weighted by atomic mass is 9.76. The van der Waals surface area contributed by atoms with Gasteiger partial charge in [-0.2, -0.15) is 0 Å². The van der Waals surface area contributed by atoms with Crippen molar-refractivity contribution in [2.24, 2.45) is 0 Å². The van der Waals surface area contributed by atoms with Gasteiger partial charge in [0.1, 0.15) is 0 Å². The van der Waals surface area contributed by atoms with E-state index in [2.05, 4.69) is 80.6 Å². The molecule has 3 aromatic rings. The Labute approximate surface area is 175 Å². The van der Waals surface area contributed by atoms with E-state index in [4.69, 9.17) is 0 Å². The van der Waals surface area contributed by atoms with Gasteiger partial charge >= 0.3 is 0 Å².